The summed E-state index contributed by atoms with van der Waals surface area (Å²) in [6.07, 6.45) is 5.25. The van der Waals surface area contributed by atoms with Crippen LogP contribution in [0.5, 0.6) is 0 Å². The minimum absolute atomic E-state index is 0.513. The van der Waals surface area contributed by atoms with Gasteiger partial charge in [-0.2, -0.15) is 0 Å². The zero-order chi connectivity index (χ0) is 12.0. The van der Waals surface area contributed by atoms with Gasteiger partial charge in [0.2, 0.25) is 0 Å². The van der Waals surface area contributed by atoms with E-state index in [2.05, 4.69) is 19.2 Å². The second-order valence-corrected chi connectivity index (χ2v) is 7.37. The Morgan fingerprint density at radius 1 is 1.47 bits per heavy atom. The van der Waals surface area contributed by atoms with Crippen LogP contribution in [-0.2, 0) is 6.42 Å². The van der Waals surface area contributed by atoms with Gasteiger partial charge in [-0.25, -0.2) is 4.98 Å². The van der Waals surface area contributed by atoms with Gasteiger partial charge < -0.3 is 5.32 Å². The first-order valence-electron chi connectivity index (χ1n) is 6.76. The Morgan fingerprint density at radius 2 is 2.24 bits per heavy atom. The van der Waals surface area contributed by atoms with E-state index < -0.39 is 0 Å². The van der Waals surface area contributed by atoms with E-state index in [1.54, 1.807) is 4.88 Å². The van der Waals surface area contributed by atoms with Crippen LogP contribution in [0.3, 0.4) is 0 Å². The summed E-state index contributed by atoms with van der Waals surface area (Å²) in [5.41, 5.74) is 1.94. The van der Waals surface area contributed by atoms with Gasteiger partial charge in [0.25, 0.3) is 0 Å². The third-order valence-electron chi connectivity index (χ3n) is 4.35. The fraction of sp³-hybridized carbons (Fsp3) is 0.786. The van der Waals surface area contributed by atoms with Crippen LogP contribution in [0.2, 0.25) is 0 Å². The zero-order valence-electron chi connectivity index (χ0n) is 11.0. The summed E-state index contributed by atoms with van der Waals surface area (Å²) >= 11 is 2.00. The van der Waals surface area contributed by atoms with Crippen molar-refractivity contribution in [1.29, 1.82) is 0 Å². The maximum absolute atomic E-state index is 4.99. The summed E-state index contributed by atoms with van der Waals surface area (Å²) < 4.78 is 0. The van der Waals surface area contributed by atoms with Crippen LogP contribution in [0, 0.1) is 5.41 Å². The van der Waals surface area contributed by atoms with E-state index in [4.69, 9.17) is 4.98 Å². The highest BCUT2D eigenvalue weighted by molar-refractivity contribution is 7.11. The molecular weight excluding hydrogens is 228 g/mol. The number of aryl methyl sites for hydroxylation is 1. The SMILES string of the molecule is CNCC1CCCc2sc(C3CC3(C)C)nc21. The topological polar surface area (TPSA) is 24.9 Å². The first-order chi connectivity index (χ1) is 8.12. The van der Waals surface area contributed by atoms with E-state index in [1.807, 2.05) is 18.4 Å². The predicted octanol–water partition coefficient (Wildman–Crippen LogP) is 3.30. The van der Waals surface area contributed by atoms with Crippen molar-refractivity contribution in [2.45, 2.75) is 51.4 Å². The Labute approximate surface area is 108 Å². The van der Waals surface area contributed by atoms with E-state index >= 15 is 0 Å². The van der Waals surface area contributed by atoms with Crippen molar-refractivity contribution in [1.82, 2.24) is 10.3 Å². The molecule has 2 aliphatic carbocycles. The molecule has 1 fully saturated rings. The molecule has 1 heterocycles. The van der Waals surface area contributed by atoms with E-state index in [9.17, 15) is 0 Å². The third-order valence-corrected chi connectivity index (χ3v) is 5.59. The molecule has 2 aliphatic rings. The largest absolute Gasteiger partial charge is 0.319 e. The van der Waals surface area contributed by atoms with Gasteiger partial charge in [0.15, 0.2) is 0 Å². The van der Waals surface area contributed by atoms with Gasteiger partial charge >= 0.3 is 0 Å². The van der Waals surface area contributed by atoms with Crippen molar-refractivity contribution in [3.63, 3.8) is 0 Å². The van der Waals surface area contributed by atoms with Crippen LogP contribution in [0.1, 0.15) is 60.5 Å². The molecule has 17 heavy (non-hydrogen) atoms. The molecule has 1 aromatic heterocycles. The monoisotopic (exact) mass is 250 g/mol. The lowest BCUT2D eigenvalue weighted by atomic mass is 9.91. The number of fused-ring (bicyclic) bond motifs is 1. The fourth-order valence-corrected chi connectivity index (χ4v) is 4.51. The van der Waals surface area contributed by atoms with Gasteiger partial charge in [-0.3, -0.25) is 0 Å². The molecule has 0 saturated heterocycles. The Kier molecular flexibility index (Phi) is 2.79. The Morgan fingerprint density at radius 3 is 2.88 bits per heavy atom. The van der Waals surface area contributed by atoms with Crippen LogP contribution in [0.15, 0.2) is 0 Å². The first-order valence-corrected chi connectivity index (χ1v) is 7.57. The number of nitrogens with one attached hydrogen (secondary N) is 1. The molecule has 2 unspecified atom stereocenters. The maximum atomic E-state index is 4.99. The fourth-order valence-electron chi connectivity index (χ4n) is 3.01. The molecule has 3 rings (SSSR count). The second-order valence-electron chi connectivity index (χ2n) is 6.25. The number of hydrogen-bond acceptors (Lipinski definition) is 3. The minimum atomic E-state index is 0.513. The molecule has 2 nitrogen and oxygen atoms in total. The molecule has 0 radical (unpaired) electrons. The quantitative estimate of drug-likeness (QED) is 0.890. The Bertz CT molecular complexity index is 422. The molecule has 1 aromatic rings. The average Bonchev–Trinajstić information content (AvgIpc) is 2.75. The van der Waals surface area contributed by atoms with Gasteiger partial charge in [0, 0.05) is 23.3 Å². The molecular formula is C14H22N2S. The highest BCUT2D eigenvalue weighted by Gasteiger charge is 2.48. The van der Waals surface area contributed by atoms with Gasteiger partial charge in [0.1, 0.15) is 0 Å². The molecule has 0 aliphatic heterocycles. The molecule has 1 saturated carbocycles. The van der Waals surface area contributed by atoms with Gasteiger partial charge in [-0.1, -0.05) is 13.8 Å². The van der Waals surface area contributed by atoms with E-state index in [1.165, 1.54) is 36.4 Å². The molecule has 0 spiro atoms. The van der Waals surface area contributed by atoms with Crippen molar-refractivity contribution in [3.8, 4) is 0 Å². The number of nitrogens with zero attached hydrogens (tertiary/aromatic N) is 1. The lowest BCUT2D eigenvalue weighted by molar-refractivity contribution is 0.521. The molecule has 2 atom stereocenters. The molecule has 3 heteroatoms. The lowest BCUT2D eigenvalue weighted by Gasteiger charge is -2.20. The normalized spacial score (nSPS) is 30.1. The van der Waals surface area contributed by atoms with Gasteiger partial charge in [0.05, 0.1) is 10.7 Å². The Hall–Kier alpha value is -0.410. The van der Waals surface area contributed by atoms with E-state index in [-0.39, 0.29) is 0 Å². The van der Waals surface area contributed by atoms with Crippen molar-refractivity contribution in [2.75, 3.05) is 13.6 Å². The summed E-state index contributed by atoms with van der Waals surface area (Å²) in [4.78, 5) is 6.56. The minimum Gasteiger partial charge on any atom is -0.319 e. The standard InChI is InChI=1S/C14H22N2S/c1-14(2)7-10(14)13-16-12-9(8-15-3)5-4-6-11(12)17-13/h9-10,15H,4-8H2,1-3H3. The number of rotatable bonds is 3. The summed E-state index contributed by atoms with van der Waals surface area (Å²) in [6.45, 7) is 5.82. The molecule has 0 bridgehead atoms. The molecule has 0 amide bonds. The predicted molar refractivity (Wildman–Crippen MR) is 72.9 cm³/mol. The van der Waals surface area contributed by atoms with Crippen molar-refractivity contribution < 1.29 is 0 Å². The highest BCUT2D eigenvalue weighted by atomic mass is 32.1. The van der Waals surface area contributed by atoms with Gasteiger partial charge in [-0.15, -0.1) is 11.3 Å². The summed E-state index contributed by atoms with van der Waals surface area (Å²) in [7, 11) is 2.05. The number of thiazole rings is 1. The number of hydrogen-bond donors (Lipinski definition) is 1. The van der Waals surface area contributed by atoms with Crippen LogP contribution in [0.4, 0.5) is 0 Å². The van der Waals surface area contributed by atoms with Crippen LogP contribution >= 0.6 is 11.3 Å². The van der Waals surface area contributed by atoms with Crippen molar-refractivity contribution in [3.05, 3.63) is 15.6 Å². The van der Waals surface area contributed by atoms with Crippen molar-refractivity contribution >= 4 is 11.3 Å². The molecule has 94 valence electrons. The highest BCUT2D eigenvalue weighted by Crippen LogP contribution is 2.59. The second kappa shape index (κ2) is 4.06. The van der Waals surface area contributed by atoms with Gasteiger partial charge in [-0.05, 0) is 38.1 Å². The van der Waals surface area contributed by atoms with E-state index in [0.29, 0.717) is 11.3 Å². The lowest BCUT2D eigenvalue weighted by Crippen LogP contribution is -2.21. The van der Waals surface area contributed by atoms with E-state index in [0.717, 1.165) is 12.5 Å². The molecule has 1 N–H and O–H groups in total. The molecule has 0 aromatic carbocycles. The van der Waals surface area contributed by atoms with Crippen molar-refractivity contribution in [2.24, 2.45) is 5.41 Å². The van der Waals surface area contributed by atoms with Crippen LogP contribution < -0.4 is 5.32 Å². The summed E-state index contributed by atoms with van der Waals surface area (Å²) in [6, 6.07) is 0. The smallest absolute Gasteiger partial charge is 0.0967 e. The third kappa shape index (κ3) is 2.04. The maximum Gasteiger partial charge on any atom is 0.0967 e. The number of likely N-dealkylation sites (N-methyl/N-ethyl adjacent to an activating group) is 1. The van der Waals surface area contributed by atoms with Crippen LogP contribution in [-0.4, -0.2) is 18.6 Å². The number of aromatic nitrogens is 1. The first kappa shape index (κ1) is 11.7. The van der Waals surface area contributed by atoms with Crippen LogP contribution in [0.25, 0.3) is 0 Å². The summed E-state index contributed by atoms with van der Waals surface area (Å²) in [5, 5.41) is 4.73. The zero-order valence-corrected chi connectivity index (χ0v) is 11.9. The average molecular weight is 250 g/mol. The Balaban J connectivity index is 1.86. The summed E-state index contributed by atoms with van der Waals surface area (Å²) in [5.74, 6) is 1.41.